The molecule has 0 saturated heterocycles. The maximum Gasteiger partial charge on any atom is 0.0543 e. The van der Waals surface area contributed by atoms with Crippen molar-refractivity contribution in [2.24, 2.45) is 0 Å². The molecular weight excluding hydrogens is 785 g/mol. The molecule has 1 heterocycles. The van der Waals surface area contributed by atoms with E-state index in [0.717, 1.165) is 11.4 Å². The lowest BCUT2D eigenvalue weighted by atomic mass is 9.82. The zero-order valence-corrected chi connectivity index (χ0v) is 36.3. The first kappa shape index (κ1) is 37.4. The van der Waals surface area contributed by atoms with E-state index in [4.69, 9.17) is 0 Å². The normalized spacial score (nSPS) is 12.9. The van der Waals surface area contributed by atoms with Crippen LogP contribution in [0.5, 0.6) is 0 Å². The number of anilines is 3. The molecule has 0 aliphatic heterocycles. The Morgan fingerprint density at radius 2 is 0.877 bits per heavy atom. The summed E-state index contributed by atoms with van der Waals surface area (Å²) in [6.45, 7) is 4.73. The molecule has 1 aliphatic carbocycles. The third-order valence-corrected chi connectivity index (χ3v) is 14.2. The number of para-hydroxylation sites is 2. The predicted molar refractivity (Wildman–Crippen MR) is 276 cm³/mol. The summed E-state index contributed by atoms with van der Waals surface area (Å²) in [7, 11) is 0. The lowest BCUT2D eigenvalue weighted by Gasteiger charge is -2.29. The Hall–Kier alpha value is -8.20. The molecule has 2 nitrogen and oxygen atoms in total. The highest BCUT2D eigenvalue weighted by Crippen LogP contribution is 2.54. The average molecular weight is 829 g/mol. The first-order valence-corrected chi connectivity index (χ1v) is 22.7. The molecule has 1 aromatic heterocycles. The van der Waals surface area contributed by atoms with Crippen LogP contribution in [0, 0.1) is 0 Å². The second kappa shape index (κ2) is 14.4. The van der Waals surface area contributed by atoms with Gasteiger partial charge in [-0.15, -0.1) is 0 Å². The van der Waals surface area contributed by atoms with Gasteiger partial charge in [-0.1, -0.05) is 178 Å². The molecular formula is C63H44N2. The fraction of sp³-hybridized carbons (Fsp3) is 0.0476. The largest absolute Gasteiger partial charge is 0.310 e. The molecule has 306 valence electrons. The molecule has 11 aromatic carbocycles. The fourth-order valence-corrected chi connectivity index (χ4v) is 11.1. The topological polar surface area (TPSA) is 8.17 Å². The average Bonchev–Trinajstić information content (AvgIpc) is 3.82. The zero-order valence-electron chi connectivity index (χ0n) is 36.3. The lowest BCUT2D eigenvalue weighted by Crippen LogP contribution is -2.16. The molecule has 0 atom stereocenters. The van der Waals surface area contributed by atoms with Gasteiger partial charge in [0.15, 0.2) is 0 Å². The van der Waals surface area contributed by atoms with Gasteiger partial charge in [-0.3, -0.25) is 0 Å². The highest BCUT2D eigenvalue weighted by molar-refractivity contribution is 6.25. The molecule has 0 unspecified atom stereocenters. The number of rotatable bonds is 6. The Bertz CT molecular complexity index is 3820. The highest BCUT2D eigenvalue weighted by atomic mass is 15.1. The second-order valence-electron chi connectivity index (χ2n) is 18.1. The predicted octanol–water partition coefficient (Wildman–Crippen LogP) is 17.4. The molecule has 0 saturated carbocycles. The number of hydrogen-bond donors (Lipinski definition) is 0. The summed E-state index contributed by atoms with van der Waals surface area (Å²) in [5.74, 6) is 0. The van der Waals surface area contributed by atoms with Crippen LogP contribution >= 0.6 is 0 Å². The minimum atomic E-state index is -0.125. The Morgan fingerprint density at radius 1 is 0.338 bits per heavy atom. The van der Waals surface area contributed by atoms with Crippen LogP contribution in [0.4, 0.5) is 17.1 Å². The van der Waals surface area contributed by atoms with Crippen LogP contribution in [0.1, 0.15) is 25.0 Å². The van der Waals surface area contributed by atoms with Crippen LogP contribution in [0.3, 0.4) is 0 Å². The van der Waals surface area contributed by atoms with Gasteiger partial charge in [-0.2, -0.15) is 0 Å². The molecule has 0 radical (unpaired) electrons. The van der Waals surface area contributed by atoms with E-state index in [2.05, 4.69) is 254 Å². The van der Waals surface area contributed by atoms with Gasteiger partial charge in [0.2, 0.25) is 0 Å². The van der Waals surface area contributed by atoms with Crippen molar-refractivity contribution in [3.8, 4) is 39.1 Å². The van der Waals surface area contributed by atoms with Crippen molar-refractivity contribution in [3.63, 3.8) is 0 Å². The van der Waals surface area contributed by atoms with Crippen molar-refractivity contribution < 1.29 is 0 Å². The van der Waals surface area contributed by atoms with Crippen LogP contribution in [-0.4, -0.2) is 4.57 Å². The summed E-state index contributed by atoms with van der Waals surface area (Å²) in [4.78, 5) is 2.48. The van der Waals surface area contributed by atoms with Crippen molar-refractivity contribution in [2.75, 3.05) is 4.90 Å². The minimum absolute atomic E-state index is 0.125. The SMILES string of the molecule is CC1(C)c2ccccc2-c2c(N(c3ccc(-c4ccc5c(c4)c4ccccc4n5-c4ccccc4)cc3)c3cccc(-c4ccc5c6ccccc6c6ccccc6c5c4)c3)cccc21. The van der Waals surface area contributed by atoms with Crippen LogP contribution < -0.4 is 4.90 Å². The number of fused-ring (bicyclic) bond motifs is 12. The number of hydrogen-bond acceptors (Lipinski definition) is 1. The first-order valence-electron chi connectivity index (χ1n) is 22.7. The molecule has 2 heteroatoms. The van der Waals surface area contributed by atoms with E-state index in [1.165, 1.54) is 110 Å². The monoisotopic (exact) mass is 828 g/mol. The van der Waals surface area contributed by atoms with E-state index >= 15 is 0 Å². The van der Waals surface area contributed by atoms with Crippen molar-refractivity contribution >= 4 is 71.2 Å². The van der Waals surface area contributed by atoms with E-state index < -0.39 is 0 Å². The Balaban J connectivity index is 0.966. The van der Waals surface area contributed by atoms with Gasteiger partial charge in [0.25, 0.3) is 0 Å². The van der Waals surface area contributed by atoms with Crippen molar-refractivity contribution in [1.29, 1.82) is 0 Å². The number of benzene rings is 11. The Morgan fingerprint density at radius 3 is 1.65 bits per heavy atom. The van der Waals surface area contributed by atoms with E-state index in [1.54, 1.807) is 0 Å². The number of aromatic nitrogens is 1. The molecule has 12 aromatic rings. The standard InChI is InChI=1S/C63H44N2/c1-63(2)57-26-12-10-25-54(57)62-58(63)27-15-29-61(62)64(47-19-14-16-42(38-47)44-32-36-52-50-22-7-6-20-48(50)49-21-8-9-23-51(49)55(52)39-44)46-34-30-41(31-35-46)43-33-37-60-56(40-43)53-24-11-13-28-59(53)65(60)45-17-4-3-5-18-45/h3-40H,1-2H3. The van der Waals surface area contributed by atoms with Gasteiger partial charge >= 0.3 is 0 Å². The van der Waals surface area contributed by atoms with Gasteiger partial charge in [-0.25, -0.2) is 0 Å². The summed E-state index contributed by atoms with van der Waals surface area (Å²) in [6.07, 6.45) is 0. The summed E-state index contributed by atoms with van der Waals surface area (Å²) >= 11 is 0. The highest BCUT2D eigenvalue weighted by Gasteiger charge is 2.37. The van der Waals surface area contributed by atoms with E-state index in [1.807, 2.05) is 0 Å². The molecule has 0 fully saturated rings. The smallest absolute Gasteiger partial charge is 0.0543 e. The van der Waals surface area contributed by atoms with E-state index in [0.29, 0.717) is 0 Å². The summed E-state index contributed by atoms with van der Waals surface area (Å²) in [5, 5.41) is 10.2. The summed E-state index contributed by atoms with van der Waals surface area (Å²) < 4.78 is 2.38. The quantitative estimate of drug-likeness (QED) is 0.152. The summed E-state index contributed by atoms with van der Waals surface area (Å²) in [5.41, 5.74) is 16.9. The molecule has 0 N–H and O–H groups in total. The maximum atomic E-state index is 2.48. The van der Waals surface area contributed by atoms with E-state index in [9.17, 15) is 0 Å². The summed E-state index contributed by atoms with van der Waals surface area (Å²) in [6, 6.07) is 85.2. The maximum absolute atomic E-state index is 2.48. The third-order valence-electron chi connectivity index (χ3n) is 14.2. The van der Waals surface area contributed by atoms with Gasteiger partial charge in [0.1, 0.15) is 0 Å². The molecule has 0 spiro atoms. The van der Waals surface area contributed by atoms with Crippen molar-refractivity contribution in [2.45, 2.75) is 19.3 Å². The lowest BCUT2D eigenvalue weighted by molar-refractivity contribution is 0.660. The molecule has 1 aliphatic rings. The van der Waals surface area contributed by atoms with Gasteiger partial charge in [-0.05, 0) is 138 Å². The Kier molecular flexibility index (Phi) is 8.29. The van der Waals surface area contributed by atoms with E-state index in [-0.39, 0.29) is 5.41 Å². The fourth-order valence-electron chi connectivity index (χ4n) is 11.1. The van der Waals surface area contributed by atoms with Crippen LogP contribution in [0.15, 0.2) is 231 Å². The molecule has 0 amide bonds. The molecule has 0 bridgehead atoms. The third kappa shape index (κ3) is 5.74. The Labute approximate surface area is 378 Å². The minimum Gasteiger partial charge on any atom is -0.310 e. The first-order chi connectivity index (χ1) is 32.0. The van der Waals surface area contributed by atoms with Crippen molar-refractivity contribution in [1.82, 2.24) is 4.57 Å². The molecule has 13 rings (SSSR count). The van der Waals surface area contributed by atoms with Gasteiger partial charge in [0.05, 0.1) is 16.7 Å². The molecule has 65 heavy (non-hydrogen) atoms. The van der Waals surface area contributed by atoms with Gasteiger partial charge in [0, 0.05) is 38.8 Å². The second-order valence-corrected chi connectivity index (χ2v) is 18.1. The zero-order chi connectivity index (χ0) is 43.2. The van der Waals surface area contributed by atoms with Crippen LogP contribution in [0.2, 0.25) is 0 Å². The van der Waals surface area contributed by atoms with Gasteiger partial charge < -0.3 is 9.47 Å². The van der Waals surface area contributed by atoms with Crippen LogP contribution in [0.25, 0.3) is 93.2 Å². The number of nitrogens with zero attached hydrogens (tertiary/aromatic N) is 2. The van der Waals surface area contributed by atoms with Crippen LogP contribution in [-0.2, 0) is 5.41 Å². The van der Waals surface area contributed by atoms with Crippen molar-refractivity contribution in [3.05, 3.63) is 242 Å².